The zero-order valence-electron chi connectivity index (χ0n) is 15.6. The van der Waals surface area contributed by atoms with Gasteiger partial charge in [0.15, 0.2) is 5.69 Å². The second kappa shape index (κ2) is 8.60. The van der Waals surface area contributed by atoms with Crippen LogP contribution in [-0.2, 0) is 0 Å². The van der Waals surface area contributed by atoms with E-state index in [4.69, 9.17) is 5.11 Å². The molecular formula is C20H22N4O4. The summed E-state index contributed by atoms with van der Waals surface area (Å²) in [5.41, 5.74) is 0.839. The van der Waals surface area contributed by atoms with Gasteiger partial charge in [0.05, 0.1) is 12.4 Å². The molecule has 1 heterocycles. The van der Waals surface area contributed by atoms with Gasteiger partial charge in [0.25, 0.3) is 11.8 Å². The van der Waals surface area contributed by atoms with Crippen LogP contribution < -0.4 is 5.32 Å². The summed E-state index contributed by atoms with van der Waals surface area (Å²) in [5, 5.41) is 11.5. The lowest BCUT2D eigenvalue weighted by atomic mass is 9.94. The molecule has 1 aliphatic carbocycles. The molecule has 2 N–H and O–H groups in total. The van der Waals surface area contributed by atoms with E-state index in [9.17, 15) is 14.4 Å². The fourth-order valence-corrected chi connectivity index (χ4v) is 3.28. The van der Waals surface area contributed by atoms with Gasteiger partial charge in [-0.25, -0.2) is 14.8 Å². The third-order valence-electron chi connectivity index (χ3n) is 4.94. The summed E-state index contributed by atoms with van der Waals surface area (Å²) >= 11 is 0. The molecular weight excluding hydrogens is 360 g/mol. The Kier molecular flexibility index (Phi) is 5.98. The first kappa shape index (κ1) is 19.5. The minimum atomic E-state index is -1.21. The quantitative estimate of drug-likeness (QED) is 0.822. The maximum Gasteiger partial charge on any atom is 0.356 e. The number of carbonyl (C=O) groups excluding carboxylic acids is 2. The summed E-state index contributed by atoms with van der Waals surface area (Å²) in [6.07, 6.45) is 7.76. The van der Waals surface area contributed by atoms with Gasteiger partial charge in [-0.05, 0) is 37.1 Å². The maximum atomic E-state index is 12.7. The summed E-state index contributed by atoms with van der Waals surface area (Å²) in [4.78, 5) is 44.9. The molecule has 0 aliphatic heterocycles. The molecule has 0 bridgehead atoms. The summed E-state index contributed by atoms with van der Waals surface area (Å²) in [6.45, 7) is 0. The fraction of sp³-hybridized carbons (Fsp3) is 0.350. The third kappa shape index (κ3) is 4.51. The van der Waals surface area contributed by atoms with Crippen LogP contribution in [0.2, 0.25) is 0 Å². The first-order valence-corrected chi connectivity index (χ1v) is 9.19. The van der Waals surface area contributed by atoms with Gasteiger partial charge in [0.1, 0.15) is 5.69 Å². The van der Waals surface area contributed by atoms with Crippen molar-refractivity contribution in [2.24, 2.45) is 0 Å². The highest BCUT2D eigenvalue weighted by atomic mass is 16.4. The van der Waals surface area contributed by atoms with Crippen molar-refractivity contribution in [3.63, 3.8) is 0 Å². The number of nitrogens with zero attached hydrogens (tertiary/aromatic N) is 3. The van der Waals surface area contributed by atoms with Crippen molar-refractivity contribution in [3.05, 3.63) is 53.6 Å². The summed E-state index contributed by atoms with van der Waals surface area (Å²) < 4.78 is 0. The van der Waals surface area contributed by atoms with E-state index in [-0.39, 0.29) is 23.3 Å². The number of aromatic nitrogens is 2. The molecule has 28 heavy (non-hydrogen) atoms. The summed E-state index contributed by atoms with van der Waals surface area (Å²) in [7, 11) is 1.84. The lowest BCUT2D eigenvalue weighted by Gasteiger charge is -2.31. The number of hydrogen-bond acceptors (Lipinski definition) is 5. The van der Waals surface area contributed by atoms with E-state index in [1.54, 1.807) is 24.3 Å². The molecule has 0 radical (unpaired) electrons. The molecule has 0 saturated heterocycles. The predicted octanol–water partition coefficient (Wildman–Crippen LogP) is 2.83. The zero-order valence-corrected chi connectivity index (χ0v) is 15.6. The number of nitrogens with one attached hydrogen (secondary N) is 1. The fourth-order valence-electron chi connectivity index (χ4n) is 3.28. The van der Waals surface area contributed by atoms with Gasteiger partial charge in [0, 0.05) is 24.3 Å². The van der Waals surface area contributed by atoms with Crippen LogP contribution in [0.4, 0.5) is 5.69 Å². The number of anilines is 1. The smallest absolute Gasteiger partial charge is 0.356 e. The van der Waals surface area contributed by atoms with E-state index in [1.165, 1.54) is 6.42 Å². The number of carboxylic acid groups (broad SMARTS) is 1. The van der Waals surface area contributed by atoms with Crippen LogP contribution in [0.15, 0.2) is 36.7 Å². The average molecular weight is 382 g/mol. The van der Waals surface area contributed by atoms with E-state index in [0.29, 0.717) is 11.3 Å². The molecule has 8 nitrogen and oxygen atoms in total. The Hall–Kier alpha value is -3.29. The van der Waals surface area contributed by atoms with Gasteiger partial charge in [0.2, 0.25) is 0 Å². The Balaban J connectivity index is 1.62. The molecule has 0 atom stereocenters. The number of benzene rings is 1. The van der Waals surface area contributed by atoms with Crippen LogP contribution in [0, 0.1) is 0 Å². The molecule has 8 heteroatoms. The topological polar surface area (TPSA) is 112 Å². The van der Waals surface area contributed by atoms with Crippen molar-refractivity contribution in [1.29, 1.82) is 0 Å². The van der Waals surface area contributed by atoms with Crippen LogP contribution in [0.1, 0.15) is 63.4 Å². The van der Waals surface area contributed by atoms with E-state index in [1.807, 2.05) is 11.9 Å². The van der Waals surface area contributed by atoms with Crippen molar-refractivity contribution < 1.29 is 19.5 Å². The molecule has 1 saturated carbocycles. The molecule has 0 unspecified atom stereocenters. The van der Waals surface area contributed by atoms with Crippen molar-refractivity contribution in [2.45, 2.75) is 38.1 Å². The highest BCUT2D eigenvalue weighted by Crippen LogP contribution is 2.23. The zero-order chi connectivity index (χ0) is 20.1. The average Bonchev–Trinajstić information content (AvgIpc) is 2.74. The Labute approximate surface area is 162 Å². The minimum Gasteiger partial charge on any atom is -0.476 e. The van der Waals surface area contributed by atoms with Crippen LogP contribution >= 0.6 is 0 Å². The van der Waals surface area contributed by atoms with Crippen LogP contribution in [0.3, 0.4) is 0 Å². The van der Waals surface area contributed by atoms with Gasteiger partial charge < -0.3 is 15.3 Å². The monoisotopic (exact) mass is 382 g/mol. The maximum absolute atomic E-state index is 12.7. The van der Waals surface area contributed by atoms with Gasteiger partial charge in [-0.1, -0.05) is 19.3 Å². The molecule has 3 rings (SSSR count). The lowest BCUT2D eigenvalue weighted by Crippen LogP contribution is -2.38. The molecule has 0 spiro atoms. The minimum absolute atomic E-state index is 0.00202. The van der Waals surface area contributed by atoms with E-state index in [0.717, 1.165) is 38.1 Å². The molecule has 1 fully saturated rings. The molecule has 1 aliphatic rings. The van der Waals surface area contributed by atoms with Crippen molar-refractivity contribution in [3.8, 4) is 0 Å². The van der Waals surface area contributed by atoms with Crippen molar-refractivity contribution in [2.75, 3.05) is 12.4 Å². The number of carboxylic acids is 1. The normalized spacial score (nSPS) is 14.3. The van der Waals surface area contributed by atoms with Crippen molar-refractivity contribution in [1.82, 2.24) is 14.9 Å². The predicted molar refractivity (Wildman–Crippen MR) is 102 cm³/mol. The number of amides is 2. The van der Waals surface area contributed by atoms with Gasteiger partial charge in [-0.2, -0.15) is 0 Å². The molecule has 146 valence electrons. The Morgan fingerprint density at radius 3 is 2.18 bits per heavy atom. The Morgan fingerprint density at radius 1 is 1.00 bits per heavy atom. The Bertz CT molecular complexity index is 859. The largest absolute Gasteiger partial charge is 0.476 e. The first-order chi connectivity index (χ1) is 13.5. The molecule has 1 aromatic carbocycles. The van der Waals surface area contributed by atoms with E-state index >= 15 is 0 Å². The number of rotatable bonds is 5. The van der Waals surface area contributed by atoms with Gasteiger partial charge in [-0.15, -0.1) is 0 Å². The molecule has 2 amide bonds. The number of hydrogen-bond donors (Lipinski definition) is 2. The summed E-state index contributed by atoms with van der Waals surface area (Å²) in [5.74, 6) is -1.75. The summed E-state index contributed by atoms with van der Waals surface area (Å²) in [6, 6.07) is 6.94. The highest BCUT2D eigenvalue weighted by Gasteiger charge is 2.23. The van der Waals surface area contributed by atoms with Crippen molar-refractivity contribution >= 4 is 23.5 Å². The van der Waals surface area contributed by atoms with Gasteiger partial charge in [-0.3, -0.25) is 9.59 Å². The van der Waals surface area contributed by atoms with Gasteiger partial charge >= 0.3 is 5.97 Å². The molecule has 1 aromatic heterocycles. The van der Waals surface area contributed by atoms with E-state index < -0.39 is 11.9 Å². The van der Waals surface area contributed by atoms with E-state index in [2.05, 4.69) is 15.3 Å². The standard InChI is InChI=1S/C20H22N4O4/c1-24(15-5-3-2-4-6-15)19(26)13-7-9-14(10-8-13)23-18(25)16-11-22-17(12-21-16)20(27)28/h7-12,15H,2-6H2,1H3,(H,23,25)(H,27,28). The number of carbonyl (C=O) groups is 3. The lowest BCUT2D eigenvalue weighted by molar-refractivity contribution is 0.0683. The number of aromatic carboxylic acids is 1. The SMILES string of the molecule is CN(C(=O)c1ccc(NC(=O)c2cnc(C(=O)O)cn2)cc1)C1CCCCC1. The highest BCUT2D eigenvalue weighted by molar-refractivity contribution is 6.03. The second-order valence-electron chi connectivity index (χ2n) is 6.83. The van der Waals surface area contributed by atoms with Crippen LogP contribution in [0.25, 0.3) is 0 Å². The Morgan fingerprint density at radius 2 is 1.61 bits per heavy atom. The van der Waals surface area contributed by atoms with Crippen LogP contribution in [0.5, 0.6) is 0 Å². The second-order valence-corrected chi connectivity index (χ2v) is 6.83. The van der Waals surface area contributed by atoms with Crippen LogP contribution in [-0.4, -0.2) is 50.8 Å². The first-order valence-electron chi connectivity index (χ1n) is 9.19. The third-order valence-corrected chi connectivity index (χ3v) is 4.94. The molecule has 2 aromatic rings.